The Kier molecular flexibility index (Phi) is 8.38. The lowest BCUT2D eigenvalue weighted by Crippen LogP contribution is -2.48. The number of nitrogens with zero attached hydrogens (tertiary/aromatic N) is 1. The number of alkyl halides is 2. The molecule has 5 nitrogen and oxygen atoms in total. The first-order chi connectivity index (χ1) is 15.3. The summed E-state index contributed by atoms with van der Waals surface area (Å²) in [4.78, 5) is 38.9. The highest BCUT2D eigenvalue weighted by Gasteiger charge is 2.33. The van der Waals surface area contributed by atoms with Crippen LogP contribution in [0.15, 0.2) is 24.3 Å². The van der Waals surface area contributed by atoms with E-state index in [4.69, 9.17) is 0 Å². The van der Waals surface area contributed by atoms with Gasteiger partial charge in [0.25, 0.3) is 11.8 Å². The Labute approximate surface area is 188 Å². The molecule has 0 spiro atoms. The molecule has 32 heavy (non-hydrogen) atoms. The summed E-state index contributed by atoms with van der Waals surface area (Å²) >= 11 is 0. The number of halogens is 2. The third kappa shape index (κ3) is 5.93. The minimum Gasteiger partial charge on any atom is -0.342 e. The molecule has 3 rings (SSSR count). The molecule has 1 saturated heterocycles. The highest BCUT2D eigenvalue weighted by atomic mass is 19.3. The van der Waals surface area contributed by atoms with E-state index in [1.54, 1.807) is 18.2 Å². The van der Waals surface area contributed by atoms with Gasteiger partial charge in [-0.2, -0.15) is 8.78 Å². The van der Waals surface area contributed by atoms with E-state index in [1.807, 2.05) is 19.9 Å². The summed E-state index contributed by atoms with van der Waals surface area (Å²) in [5, 5.41) is 3.00. The molecule has 1 aliphatic carbocycles. The van der Waals surface area contributed by atoms with Crippen LogP contribution in [0.3, 0.4) is 0 Å². The topological polar surface area (TPSA) is 66.5 Å². The third-order valence-corrected chi connectivity index (χ3v) is 6.82. The van der Waals surface area contributed by atoms with Crippen molar-refractivity contribution in [1.29, 1.82) is 0 Å². The van der Waals surface area contributed by atoms with E-state index in [1.165, 1.54) is 11.3 Å². The van der Waals surface area contributed by atoms with Crippen LogP contribution >= 0.6 is 0 Å². The summed E-state index contributed by atoms with van der Waals surface area (Å²) < 4.78 is 25.7. The maximum Gasteiger partial charge on any atom is 0.315 e. The molecule has 1 aliphatic heterocycles. The Morgan fingerprint density at radius 3 is 2.41 bits per heavy atom. The molecule has 1 heterocycles. The molecule has 0 radical (unpaired) electrons. The molecular formula is C25H34F2N2O3. The first-order valence-electron chi connectivity index (χ1n) is 11.8. The number of nitrogens with one attached hydrogen (secondary N) is 1. The molecular weight excluding hydrogens is 414 g/mol. The summed E-state index contributed by atoms with van der Waals surface area (Å²) in [6.07, 6.45) is 3.63. The molecule has 0 bridgehead atoms. The van der Waals surface area contributed by atoms with Gasteiger partial charge in [-0.1, -0.05) is 45.2 Å². The van der Waals surface area contributed by atoms with Gasteiger partial charge in [-0.3, -0.25) is 14.4 Å². The summed E-state index contributed by atoms with van der Waals surface area (Å²) in [6.45, 7) is 4.28. The summed E-state index contributed by atoms with van der Waals surface area (Å²) in [7, 11) is 0. The normalized spacial score (nSPS) is 20.9. The fraction of sp³-hybridized carbons (Fsp3) is 0.640. The second-order valence-corrected chi connectivity index (χ2v) is 9.46. The SMILES string of the molecule is CC(C)C(=O)[C@H](NC(=O)c1cccc(C2CCCN(C(=O)C(F)F)C2)c1)C1CCCCC1. The number of amides is 2. The lowest BCUT2D eigenvalue weighted by atomic mass is 9.80. The van der Waals surface area contributed by atoms with Crippen LogP contribution in [0.1, 0.15) is 80.6 Å². The average Bonchev–Trinajstić information content (AvgIpc) is 2.82. The van der Waals surface area contributed by atoms with Crippen molar-refractivity contribution in [2.45, 2.75) is 77.2 Å². The number of piperidine rings is 1. The first-order valence-corrected chi connectivity index (χ1v) is 11.8. The van der Waals surface area contributed by atoms with Crippen LogP contribution < -0.4 is 5.32 Å². The van der Waals surface area contributed by atoms with Gasteiger partial charge in [0.15, 0.2) is 5.78 Å². The van der Waals surface area contributed by atoms with E-state index < -0.39 is 18.4 Å². The van der Waals surface area contributed by atoms with Crippen molar-refractivity contribution in [2.75, 3.05) is 13.1 Å². The number of hydrogen-bond acceptors (Lipinski definition) is 3. The Bertz CT molecular complexity index is 821. The number of hydrogen-bond donors (Lipinski definition) is 1. The predicted octanol–water partition coefficient (Wildman–Crippen LogP) is 4.56. The largest absolute Gasteiger partial charge is 0.342 e. The van der Waals surface area contributed by atoms with Crippen molar-refractivity contribution in [3.05, 3.63) is 35.4 Å². The Morgan fingerprint density at radius 2 is 1.75 bits per heavy atom. The third-order valence-electron chi connectivity index (χ3n) is 6.82. The van der Waals surface area contributed by atoms with Gasteiger partial charge in [0.2, 0.25) is 0 Å². The number of carbonyl (C=O) groups is 3. The van der Waals surface area contributed by atoms with Crippen molar-refractivity contribution in [3.63, 3.8) is 0 Å². The second-order valence-electron chi connectivity index (χ2n) is 9.46. The van der Waals surface area contributed by atoms with Crippen molar-refractivity contribution in [3.8, 4) is 0 Å². The lowest BCUT2D eigenvalue weighted by Gasteiger charge is -2.33. The number of carbonyl (C=O) groups excluding carboxylic acids is 3. The van der Waals surface area contributed by atoms with Crippen LogP contribution in [0.5, 0.6) is 0 Å². The maximum absolute atomic E-state index is 13.1. The maximum atomic E-state index is 13.1. The van der Waals surface area contributed by atoms with Crippen molar-refractivity contribution in [2.24, 2.45) is 11.8 Å². The van der Waals surface area contributed by atoms with Crippen LogP contribution in [0.4, 0.5) is 8.78 Å². The number of ketones is 1. The van der Waals surface area contributed by atoms with Gasteiger partial charge in [-0.15, -0.1) is 0 Å². The summed E-state index contributed by atoms with van der Waals surface area (Å²) in [6, 6.07) is 6.64. The highest BCUT2D eigenvalue weighted by Crippen LogP contribution is 2.30. The molecule has 1 aromatic rings. The second kappa shape index (κ2) is 11.0. The molecule has 2 fully saturated rings. The van der Waals surface area contributed by atoms with Crippen LogP contribution in [-0.2, 0) is 9.59 Å². The van der Waals surface area contributed by atoms with E-state index in [-0.39, 0.29) is 36.0 Å². The fourth-order valence-electron chi connectivity index (χ4n) is 4.99. The molecule has 1 unspecified atom stereocenters. The van der Waals surface area contributed by atoms with E-state index >= 15 is 0 Å². The zero-order valence-electron chi connectivity index (χ0n) is 19.0. The lowest BCUT2D eigenvalue weighted by molar-refractivity contribution is -0.144. The Balaban J connectivity index is 1.73. The standard InChI is InChI=1S/C25H34F2N2O3/c1-16(2)22(30)21(17-8-4-3-5-9-17)28-24(31)19-11-6-10-18(14-19)20-12-7-13-29(15-20)25(32)23(26)27/h6,10-11,14,16-17,20-21,23H,3-5,7-9,12-13,15H2,1-2H3,(H,28,31)/t20?,21-/m1/s1. The molecule has 2 atom stereocenters. The van der Waals surface area contributed by atoms with E-state index in [9.17, 15) is 23.2 Å². The number of Topliss-reactive ketones (excluding diaryl/α,β-unsaturated/α-hetero) is 1. The minimum atomic E-state index is -3.00. The quantitative estimate of drug-likeness (QED) is 0.665. The smallest absolute Gasteiger partial charge is 0.315 e. The van der Waals surface area contributed by atoms with E-state index in [0.29, 0.717) is 18.5 Å². The molecule has 1 saturated carbocycles. The molecule has 2 aliphatic rings. The fourth-order valence-corrected chi connectivity index (χ4v) is 4.99. The first kappa shape index (κ1) is 24.3. The Morgan fingerprint density at radius 1 is 1.03 bits per heavy atom. The molecule has 1 aromatic carbocycles. The Hall–Kier alpha value is -2.31. The van der Waals surface area contributed by atoms with Gasteiger partial charge in [-0.05, 0) is 49.3 Å². The zero-order valence-corrected chi connectivity index (χ0v) is 19.0. The number of benzene rings is 1. The monoisotopic (exact) mass is 448 g/mol. The molecule has 7 heteroatoms. The van der Waals surface area contributed by atoms with Gasteiger partial charge in [0.05, 0.1) is 6.04 Å². The molecule has 176 valence electrons. The van der Waals surface area contributed by atoms with Crippen molar-refractivity contribution >= 4 is 17.6 Å². The van der Waals surface area contributed by atoms with E-state index in [0.717, 1.165) is 37.7 Å². The predicted molar refractivity (Wildman–Crippen MR) is 119 cm³/mol. The number of rotatable bonds is 7. The van der Waals surface area contributed by atoms with Gasteiger partial charge < -0.3 is 10.2 Å². The van der Waals surface area contributed by atoms with Gasteiger partial charge in [0.1, 0.15) is 0 Å². The highest BCUT2D eigenvalue weighted by molar-refractivity contribution is 5.98. The summed E-state index contributed by atoms with van der Waals surface area (Å²) in [5.41, 5.74) is 1.31. The van der Waals surface area contributed by atoms with Crippen molar-refractivity contribution < 1.29 is 23.2 Å². The van der Waals surface area contributed by atoms with Gasteiger partial charge in [0, 0.05) is 30.5 Å². The zero-order chi connectivity index (χ0) is 23.3. The molecule has 0 aromatic heterocycles. The van der Waals surface area contributed by atoms with Crippen LogP contribution in [0.2, 0.25) is 0 Å². The molecule has 1 N–H and O–H groups in total. The van der Waals surface area contributed by atoms with Crippen molar-refractivity contribution in [1.82, 2.24) is 10.2 Å². The minimum absolute atomic E-state index is 0.0647. The van der Waals surface area contributed by atoms with Gasteiger partial charge in [-0.25, -0.2) is 0 Å². The number of likely N-dealkylation sites (tertiary alicyclic amines) is 1. The van der Waals surface area contributed by atoms with Gasteiger partial charge >= 0.3 is 6.43 Å². The molecule has 2 amide bonds. The van der Waals surface area contributed by atoms with Crippen LogP contribution in [0.25, 0.3) is 0 Å². The van der Waals surface area contributed by atoms with E-state index in [2.05, 4.69) is 5.32 Å². The van der Waals surface area contributed by atoms with Crippen LogP contribution in [0, 0.1) is 11.8 Å². The average molecular weight is 449 g/mol. The summed E-state index contributed by atoms with van der Waals surface area (Å²) in [5.74, 6) is -1.44. The van der Waals surface area contributed by atoms with Crippen LogP contribution in [-0.4, -0.2) is 48.1 Å².